The number of nitrogens with zero attached hydrogens (tertiary/aromatic N) is 1. The lowest BCUT2D eigenvalue weighted by Gasteiger charge is -2.34. The summed E-state index contributed by atoms with van der Waals surface area (Å²) in [6.07, 6.45) is 1.82. The first-order valence-electron chi connectivity index (χ1n) is 7.61. The summed E-state index contributed by atoms with van der Waals surface area (Å²) in [7, 11) is -3.69. The van der Waals surface area contributed by atoms with Crippen molar-refractivity contribution in [1.82, 2.24) is 10.0 Å². The van der Waals surface area contributed by atoms with Gasteiger partial charge in [-0.2, -0.15) is 0 Å². The zero-order valence-corrected chi connectivity index (χ0v) is 15.7. The largest absolute Gasteiger partial charge is 0.317 e. The summed E-state index contributed by atoms with van der Waals surface area (Å²) in [5.41, 5.74) is 0.615. The summed E-state index contributed by atoms with van der Waals surface area (Å²) in [6, 6.07) is 2.60. The number of nitro benzene ring substituents is 1. The zero-order valence-electron chi connectivity index (χ0n) is 14.1. The first kappa shape index (κ1) is 20.8. The molecule has 0 spiro atoms. The molecule has 0 saturated carbocycles. The number of benzene rings is 1. The van der Waals surface area contributed by atoms with Crippen molar-refractivity contribution in [3.05, 3.63) is 33.4 Å². The van der Waals surface area contributed by atoms with Crippen LogP contribution in [0.2, 0.25) is 0 Å². The maximum atomic E-state index is 12.6. The molecule has 1 fully saturated rings. The quantitative estimate of drug-likeness (QED) is 0.605. The van der Waals surface area contributed by atoms with Crippen molar-refractivity contribution in [2.75, 3.05) is 19.6 Å². The molecule has 24 heavy (non-hydrogen) atoms. The third-order valence-electron chi connectivity index (χ3n) is 4.42. The molecule has 136 valence electrons. The van der Waals surface area contributed by atoms with Crippen molar-refractivity contribution in [3.63, 3.8) is 0 Å². The summed E-state index contributed by atoms with van der Waals surface area (Å²) < 4.78 is 28.0. The fraction of sp³-hybridized carbons (Fsp3) is 0.600. The van der Waals surface area contributed by atoms with E-state index in [0.717, 1.165) is 25.9 Å². The molecular weight excluding hydrogens is 354 g/mol. The lowest BCUT2D eigenvalue weighted by Crippen LogP contribution is -2.43. The van der Waals surface area contributed by atoms with Crippen molar-refractivity contribution in [2.45, 2.75) is 38.5 Å². The van der Waals surface area contributed by atoms with Gasteiger partial charge < -0.3 is 5.32 Å². The number of nitrogens with one attached hydrogen (secondary N) is 2. The number of nitro groups is 1. The number of rotatable bonds is 5. The van der Waals surface area contributed by atoms with Gasteiger partial charge in [-0.25, -0.2) is 13.1 Å². The molecule has 0 amide bonds. The summed E-state index contributed by atoms with van der Waals surface area (Å²) in [5.74, 6) is 0. The van der Waals surface area contributed by atoms with Crippen molar-refractivity contribution in [2.24, 2.45) is 5.41 Å². The van der Waals surface area contributed by atoms with Gasteiger partial charge in [0, 0.05) is 18.7 Å². The molecule has 0 unspecified atom stereocenters. The number of halogens is 1. The second-order valence-corrected chi connectivity index (χ2v) is 8.25. The maximum absolute atomic E-state index is 12.6. The predicted octanol–water partition coefficient (Wildman–Crippen LogP) is 2.30. The van der Waals surface area contributed by atoms with Crippen LogP contribution in [0.15, 0.2) is 17.0 Å². The van der Waals surface area contributed by atoms with E-state index < -0.39 is 14.9 Å². The molecule has 1 aliphatic rings. The number of aryl methyl sites for hydroxylation is 2. The topological polar surface area (TPSA) is 101 Å². The van der Waals surface area contributed by atoms with E-state index in [4.69, 9.17) is 0 Å². The zero-order chi connectivity index (χ0) is 17.3. The van der Waals surface area contributed by atoms with E-state index in [-0.39, 0.29) is 28.4 Å². The third-order valence-corrected chi connectivity index (χ3v) is 6.13. The highest BCUT2D eigenvalue weighted by Crippen LogP contribution is 2.29. The van der Waals surface area contributed by atoms with Crippen LogP contribution < -0.4 is 10.0 Å². The van der Waals surface area contributed by atoms with Gasteiger partial charge in [0.2, 0.25) is 10.0 Å². The Bertz CT molecular complexity index is 692. The molecule has 1 aromatic rings. The molecule has 2 rings (SSSR count). The highest BCUT2D eigenvalue weighted by Gasteiger charge is 2.30. The lowest BCUT2D eigenvalue weighted by molar-refractivity contribution is -0.385. The van der Waals surface area contributed by atoms with Crippen molar-refractivity contribution in [1.29, 1.82) is 0 Å². The van der Waals surface area contributed by atoms with E-state index in [0.29, 0.717) is 17.7 Å². The molecule has 0 radical (unpaired) electrons. The Morgan fingerprint density at radius 2 is 1.75 bits per heavy atom. The monoisotopic (exact) mass is 377 g/mol. The molecular formula is C15H24ClN3O4S. The van der Waals surface area contributed by atoms with E-state index in [1.807, 2.05) is 0 Å². The molecule has 0 atom stereocenters. The van der Waals surface area contributed by atoms with Gasteiger partial charge in [0.1, 0.15) is 0 Å². The molecule has 1 heterocycles. The number of non-ortho nitro benzene ring substituents is 1. The first-order chi connectivity index (χ1) is 10.6. The molecule has 1 aromatic carbocycles. The SMILES string of the molecule is Cc1cc([N+](=O)[O-])cc(C)c1S(=O)(=O)NCC1(C)CCNCC1.Cl. The average molecular weight is 378 g/mol. The normalized spacial score (nSPS) is 17.1. The Balaban J connectivity index is 0.00000288. The average Bonchev–Trinajstić information content (AvgIpc) is 2.45. The van der Waals surface area contributed by atoms with E-state index >= 15 is 0 Å². The standard InChI is InChI=1S/C15H23N3O4S.ClH/c1-11-8-13(18(19)20)9-12(2)14(11)23(21,22)17-10-15(3)4-6-16-7-5-15;/h8-9,16-17H,4-7,10H2,1-3H3;1H. The Morgan fingerprint density at radius 3 is 2.21 bits per heavy atom. The second kappa shape index (κ2) is 7.77. The molecule has 1 saturated heterocycles. The van der Waals surface area contributed by atoms with Gasteiger partial charge in [-0.05, 0) is 56.3 Å². The van der Waals surface area contributed by atoms with Crippen LogP contribution in [0.1, 0.15) is 30.9 Å². The number of hydrogen-bond acceptors (Lipinski definition) is 5. The van der Waals surface area contributed by atoms with Crippen LogP contribution in [-0.4, -0.2) is 33.0 Å². The third kappa shape index (κ3) is 4.66. The molecule has 0 aliphatic carbocycles. The van der Waals surface area contributed by atoms with Crippen LogP contribution >= 0.6 is 12.4 Å². The Morgan fingerprint density at radius 1 is 1.25 bits per heavy atom. The summed E-state index contributed by atoms with van der Waals surface area (Å²) >= 11 is 0. The summed E-state index contributed by atoms with van der Waals surface area (Å²) in [5, 5.41) is 14.1. The van der Waals surface area contributed by atoms with E-state index in [1.54, 1.807) is 13.8 Å². The highest BCUT2D eigenvalue weighted by molar-refractivity contribution is 7.89. The van der Waals surface area contributed by atoms with Crippen LogP contribution in [0.4, 0.5) is 5.69 Å². The summed E-state index contributed by atoms with van der Waals surface area (Å²) in [6.45, 7) is 7.38. The van der Waals surface area contributed by atoms with E-state index in [1.165, 1.54) is 12.1 Å². The molecule has 2 N–H and O–H groups in total. The minimum absolute atomic E-state index is 0. The predicted molar refractivity (Wildman–Crippen MR) is 95.2 cm³/mol. The smallest absolute Gasteiger partial charge is 0.270 e. The molecule has 1 aliphatic heterocycles. The van der Waals surface area contributed by atoms with Crippen molar-refractivity contribution in [3.8, 4) is 0 Å². The van der Waals surface area contributed by atoms with Crippen LogP contribution in [0.5, 0.6) is 0 Å². The van der Waals surface area contributed by atoms with E-state index in [2.05, 4.69) is 17.0 Å². The maximum Gasteiger partial charge on any atom is 0.270 e. The van der Waals surface area contributed by atoms with Crippen LogP contribution in [0, 0.1) is 29.4 Å². The van der Waals surface area contributed by atoms with E-state index in [9.17, 15) is 18.5 Å². The van der Waals surface area contributed by atoms with Gasteiger partial charge in [0.05, 0.1) is 9.82 Å². The Kier molecular flexibility index (Phi) is 6.75. The number of sulfonamides is 1. The lowest BCUT2D eigenvalue weighted by atomic mass is 9.81. The molecule has 7 nitrogen and oxygen atoms in total. The minimum atomic E-state index is -3.69. The minimum Gasteiger partial charge on any atom is -0.317 e. The first-order valence-corrected chi connectivity index (χ1v) is 9.09. The second-order valence-electron chi connectivity index (χ2n) is 6.55. The van der Waals surface area contributed by atoms with Crippen molar-refractivity contribution >= 4 is 28.1 Å². The van der Waals surface area contributed by atoms with Crippen LogP contribution in [-0.2, 0) is 10.0 Å². The Labute approximate surface area is 148 Å². The van der Waals surface area contributed by atoms with Gasteiger partial charge in [-0.3, -0.25) is 10.1 Å². The van der Waals surface area contributed by atoms with Gasteiger partial charge in [-0.1, -0.05) is 6.92 Å². The molecule has 0 aromatic heterocycles. The van der Waals surface area contributed by atoms with Gasteiger partial charge in [0.25, 0.3) is 5.69 Å². The number of hydrogen-bond donors (Lipinski definition) is 2. The summed E-state index contributed by atoms with van der Waals surface area (Å²) in [4.78, 5) is 10.5. The fourth-order valence-corrected chi connectivity index (χ4v) is 4.65. The van der Waals surface area contributed by atoms with Crippen LogP contribution in [0.3, 0.4) is 0 Å². The van der Waals surface area contributed by atoms with Gasteiger partial charge in [-0.15, -0.1) is 12.4 Å². The molecule has 9 heteroatoms. The van der Waals surface area contributed by atoms with Crippen LogP contribution in [0.25, 0.3) is 0 Å². The number of piperidine rings is 1. The van der Waals surface area contributed by atoms with Gasteiger partial charge >= 0.3 is 0 Å². The fourth-order valence-electron chi connectivity index (χ4n) is 3.01. The van der Waals surface area contributed by atoms with Crippen molar-refractivity contribution < 1.29 is 13.3 Å². The molecule has 0 bridgehead atoms. The highest BCUT2D eigenvalue weighted by atomic mass is 35.5. The Hall–Kier alpha value is -1.22. The van der Waals surface area contributed by atoms with Gasteiger partial charge in [0.15, 0.2) is 0 Å².